The summed E-state index contributed by atoms with van der Waals surface area (Å²) in [6.45, 7) is 0.446. The van der Waals surface area contributed by atoms with Crippen molar-refractivity contribution < 1.29 is 63.9 Å². The van der Waals surface area contributed by atoms with Crippen LogP contribution < -0.4 is 39.7 Å². The van der Waals surface area contributed by atoms with Gasteiger partial charge in [-0.1, -0.05) is 0 Å². The molecule has 0 radical (unpaired) electrons. The first kappa shape index (κ1) is 41.2. The van der Waals surface area contributed by atoms with Crippen LogP contribution in [0.2, 0.25) is 0 Å². The van der Waals surface area contributed by atoms with E-state index in [1.165, 1.54) is 0 Å². The summed E-state index contributed by atoms with van der Waals surface area (Å²) in [5.74, 6) is -0.844. The minimum Gasteiger partial charge on any atom is -0.467 e. The predicted octanol–water partition coefficient (Wildman–Crippen LogP) is -7.16. The summed E-state index contributed by atoms with van der Waals surface area (Å²) in [7, 11) is 0. The summed E-state index contributed by atoms with van der Waals surface area (Å²) in [4.78, 5) is 12.6. The molecule has 20 nitrogen and oxygen atoms in total. The molecule has 50 heavy (non-hydrogen) atoms. The van der Waals surface area contributed by atoms with E-state index in [0.29, 0.717) is 31.8 Å². The molecule has 1 saturated carbocycles. The Bertz CT molecular complexity index is 1100. The normalized spacial score (nSPS) is 42.9. The maximum atomic E-state index is 12.6. The third-order valence-electron chi connectivity index (χ3n) is 9.62. The summed E-state index contributed by atoms with van der Waals surface area (Å²) < 4.78 is 35.9. The molecule has 19 N–H and O–H groups in total. The largest absolute Gasteiger partial charge is 0.467 e. The number of carbonyl (C=O) groups is 1. The number of carbonyl (C=O) groups excluding carboxylic acids is 1. The molecule has 0 aromatic rings. The van der Waals surface area contributed by atoms with E-state index < -0.39 is 116 Å². The monoisotopic (exact) mass is 723 g/mol. The Morgan fingerprint density at radius 3 is 2.22 bits per heavy atom. The number of ether oxygens (including phenoxy) is 6. The van der Waals surface area contributed by atoms with Crippen LogP contribution in [0.1, 0.15) is 25.7 Å². The fourth-order valence-corrected chi connectivity index (χ4v) is 6.61. The van der Waals surface area contributed by atoms with Crippen molar-refractivity contribution in [3.63, 3.8) is 0 Å². The van der Waals surface area contributed by atoms with Gasteiger partial charge in [-0.3, -0.25) is 4.79 Å². The third-order valence-corrected chi connectivity index (χ3v) is 9.62. The molecular weight excluding hydrogens is 666 g/mol. The molecule has 2 saturated heterocycles. The van der Waals surface area contributed by atoms with Gasteiger partial charge in [-0.2, -0.15) is 0 Å². The number of hydrogen-bond donors (Lipinski definition) is 13. The van der Waals surface area contributed by atoms with Crippen molar-refractivity contribution >= 4 is 5.78 Å². The standard InChI is InChI=1S/C30H57N7O13/c31-4-1-5-37-10-13-2-3-14(34)28(45-13)48-25-15(35)6-12(7-16(39)17(40)8-32)21(41)27(25)50-30-24(44)26(19(11-38)47-30)49-29-20(36)23(43)22(42)18(9-33)46-29/h2,12,14-15,17-30,37-38,40-44H,1,3-11,31-36H2/t12-,14+,15-,17?,18-,19+,20+,21-,22+,23+,24+,25+,26+,27+,28+,29+,30-/m0/s1. The van der Waals surface area contributed by atoms with Crippen molar-refractivity contribution in [3.05, 3.63) is 11.8 Å². The Hall–Kier alpha value is -1.51. The summed E-state index contributed by atoms with van der Waals surface area (Å²) in [5, 5.41) is 67.0. The highest BCUT2D eigenvalue weighted by Crippen LogP contribution is 2.37. The highest BCUT2D eigenvalue weighted by molar-refractivity contribution is 5.83. The molecule has 3 fully saturated rings. The third kappa shape index (κ3) is 9.72. The lowest BCUT2D eigenvalue weighted by Crippen LogP contribution is -2.64. The fraction of sp³-hybridized carbons (Fsp3) is 0.900. The Balaban J connectivity index is 1.53. The van der Waals surface area contributed by atoms with Gasteiger partial charge in [-0.05, 0) is 44.3 Å². The molecule has 1 unspecified atom stereocenters. The Morgan fingerprint density at radius 1 is 0.880 bits per heavy atom. The quantitative estimate of drug-likeness (QED) is 0.0620. The van der Waals surface area contributed by atoms with E-state index in [-0.39, 0.29) is 25.9 Å². The number of nitrogens with one attached hydrogen (secondary N) is 1. The highest BCUT2D eigenvalue weighted by Gasteiger charge is 2.54. The molecule has 4 aliphatic rings. The molecular formula is C30H57N7O13. The molecule has 0 spiro atoms. The second-order valence-electron chi connectivity index (χ2n) is 13.3. The first-order valence-electron chi connectivity index (χ1n) is 17.1. The van der Waals surface area contributed by atoms with Gasteiger partial charge in [0.1, 0.15) is 60.7 Å². The van der Waals surface area contributed by atoms with Gasteiger partial charge in [0.05, 0.1) is 31.3 Å². The summed E-state index contributed by atoms with van der Waals surface area (Å²) in [6.07, 6.45) is -14.5. The van der Waals surface area contributed by atoms with Crippen molar-refractivity contribution in [2.24, 2.45) is 40.3 Å². The Morgan fingerprint density at radius 2 is 1.56 bits per heavy atom. The lowest BCUT2D eigenvalue weighted by atomic mass is 9.76. The first-order chi connectivity index (χ1) is 23.8. The molecule has 0 amide bonds. The number of nitrogens with two attached hydrogens (primary N) is 6. The van der Waals surface area contributed by atoms with Crippen molar-refractivity contribution in [3.8, 4) is 0 Å². The molecule has 0 aromatic heterocycles. The molecule has 4 rings (SSSR count). The SMILES string of the molecule is NCCCNCC1=CC[C@@H](N)[C@@H](O[C@H]2[C@H](O[C@@H]3O[C@H](CO)[C@@H](O[C@H]4O[C@@H](CN)[C@@H](O)[C@H](O)[C@H]4N)[C@H]3O)[C@@H](O)[C@H](CC(=O)C(O)CN)C[C@@H]2N)O1. The van der Waals surface area contributed by atoms with E-state index in [1.807, 2.05) is 6.08 Å². The zero-order chi connectivity index (χ0) is 36.7. The van der Waals surface area contributed by atoms with E-state index >= 15 is 0 Å². The average molecular weight is 724 g/mol. The van der Waals surface area contributed by atoms with Gasteiger partial charge in [-0.15, -0.1) is 0 Å². The number of hydrogen-bond acceptors (Lipinski definition) is 20. The second kappa shape index (κ2) is 19.0. The Labute approximate surface area is 290 Å². The summed E-state index contributed by atoms with van der Waals surface area (Å²) >= 11 is 0. The lowest BCUT2D eigenvalue weighted by molar-refractivity contribution is -0.283. The van der Waals surface area contributed by atoms with Crippen LogP contribution in [0, 0.1) is 5.92 Å². The molecule has 0 aromatic carbocycles. The van der Waals surface area contributed by atoms with Crippen LogP contribution in [0.25, 0.3) is 0 Å². The van der Waals surface area contributed by atoms with Crippen LogP contribution in [-0.4, -0.2) is 174 Å². The minimum atomic E-state index is -1.63. The fourth-order valence-electron chi connectivity index (χ4n) is 6.61. The van der Waals surface area contributed by atoms with E-state index in [1.54, 1.807) is 0 Å². The highest BCUT2D eigenvalue weighted by atomic mass is 16.8. The average Bonchev–Trinajstić information content (AvgIpc) is 3.40. The van der Waals surface area contributed by atoms with Crippen molar-refractivity contribution in [1.29, 1.82) is 0 Å². The van der Waals surface area contributed by atoms with E-state index in [0.717, 1.165) is 6.42 Å². The summed E-state index contributed by atoms with van der Waals surface area (Å²) in [6, 6.07) is -2.74. The molecule has 20 heteroatoms. The number of Topliss-reactive ketones (excluding diaryl/α,β-unsaturated/α-hetero) is 1. The van der Waals surface area contributed by atoms with Crippen LogP contribution in [0.5, 0.6) is 0 Å². The van der Waals surface area contributed by atoms with Gasteiger partial charge >= 0.3 is 0 Å². The molecule has 17 atom stereocenters. The lowest BCUT2D eigenvalue weighted by Gasteiger charge is -2.46. The number of rotatable bonds is 17. The van der Waals surface area contributed by atoms with Gasteiger partial charge in [0.2, 0.25) is 6.29 Å². The van der Waals surface area contributed by atoms with Crippen LogP contribution in [0.3, 0.4) is 0 Å². The maximum Gasteiger partial charge on any atom is 0.215 e. The van der Waals surface area contributed by atoms with Crippen LogP contribution >= 0.6 is 0 Å². The van der Waals surface area contributed by atoms with Gasteiger partial charge < -0.3 is 98.8 Å². The zero-order valence-corrected chi connectivity index (χ0v) is 28.0. The van der Waals surface area contributed by atoms with Crippen LogP contribution in [-0.2, 0) is 33.2 Å². The topological polar surface area (TPSA) is 362 Å². The van der Waals surface area contributed by atoms with E-state index in [9.17, 15) is 35.4 Å². The number of ketones is 1. The molecule has 1 aliphatic carbocycles. The molecule has 3 aliphatic heterocycles. The van der Waals surface area contributed by atoms with Gasteiger partial charge in [0.25, 0.3) is 0 Å². The van der Waals surface area contributed by atoms with Crippen molar-refractivity contribution in [1.82, 2.24) is 5.32 Å². The van der Waals surface area contributed by atoms with Crippen LogP contribution in [0.15, 0.2) is 11.8 Å². The van der Waals surface area contributed by atoms with Crippen molar-refractivity contribution in [2.75, 3.05) is 39.3 Å². The Kier molecular flexibility index (Phi) is 15.7. The predicted molar refractivity (Wildman–Crippen MR) is 173 cm³/mol. The number of aliphatic hydroxyl groups excluding tert-OH is 6. The first-order valence-corrected chi connectivity index (χ1v) is 17.1. The summed E-state index contributed by atoms with van der Waals surface area (Å²) in [5.41, 5.74) is 35.7. The van der Waals surface area contributed by atoms with Gasteiger partial charge in [0, 0.05) is 25.6 Å². The maximum absolute atomic E-state index is 12.6. The second-order valence-corrected chi connectivity index (χ2v) is 13.3. The van der Waals surface area contributed by atoms with Crippen LogP contribution in [0.4, 0.5) is 0 Å². The smallest absolute Gasteiger partial charge is 0.215 e. The number of aliphatic hydroxyl groups is 6. The minimum absolute atomic E-state index is 0.0759. The van der Waals surface area contributed by atoms with Gasteiger partial charge in [0.15, 0.2) is 18.4 Å². The van der Waals surface area contributed by atoms with Crippen molar-refractivity contribution in [2.45, 2.75) is 124 Å². The molecule has 3 heterocycles. The molecule has 0 bridgehead atoms. The molecule has 290 valence electrons. The van der Waals surface area contributed by atoms with E-state index in [4.69, 9.17) is 62.8 Å². The van der Waals surface area contributed by atoms with Gasteiger partial charge in [-0.25, -0.2) is 0 Å². The zero-order valence-electron chi connectivity index (χ0n) is 28.0. The van der Waals surface area contributed by atoms with E-state index in [2.05, 4.69) is 5.32 Å².